The van der Waals surface area contributed by atoms with Gasteiger partial charge in [-0.15, -0.1) is 0 Å². The number of nitrogens with one attached hydrogen (secondary N) is 2. The molecule has 1 aromatic carbocycles. The minimum atomic E-state index is 0.0744. The number of anilines is 1. The zero-order chi connectivity index (χ0) is 17.6. The van der Waals surface area contributed by atoms with E-state index in [0.29, 0.717) is 11.0 Å². The molecule has 0 saturated carbocycles. The van der Waals surface area contributed by atoms with Crippen molar-refractivity contribution in [2.45, 2.75) is 38.6 Å². The van der Waals surface area contributed by atoms with Crippen LogP contribution in [0.2, 0.25) is 0 Å². The number of benzene rings is 1. The molecule has 4 nitrogen and oxygen atoms in total. The lowest BCUT2D eigenvalue weighted by Gasteiger charge is -2.29. The molecule has 0 bridgehead atoms. The van der Waals surface area contributed by atoms with Gasteiger partial charge in [0.2, 0.25) is 5.88 Å². The molecule has 5 heteroatoms. The average Bonchev–Trinajstić information content (AvgIpc) is 2.55. The van der Waals surface area contributed by atoms with Crippen LogP contribution in [0, 0.1) is 0 Å². The van der Waals surface area contributed by atoms with Crippen LogP contribution in [0.4, 0.5) is 5.69 Å². The predicted molar refractivity (Wildman–Crippen MR) is 104 cm³/mol. The molecule has 0 amide bonds. The smallest absolute Gasteiger partial charge is 0.213 e. The Bertz CT molecular complexity index is 656. The Balaban J connectivity index is 1.89. The van der Waals surface area contributed by atoms with Gasteiger partial charge < -0.3 is 15.4 Å². The SMILES string of the molecule is COc1ccc(NC(=S)NC(C)CC(C)(C)c2ccccc2)cn1. The maximum atomic E-state index is 5.40. The highest BCUT2D eigenvalue weighted by atomic mass is 32.1. The van der Waals surface area contributed by atoms with E-state index in [1.165, 1.54) is 5.56 Å². The standard InChI is InChI=1S/C19H25N3OS/c1-14(12-19(2,3)15-8-6-5-7-9-15)21-18(24)22-16-10-11-17(23-4)20-13-16/h5-11,13-14H,12H2,1-4H3,(H2,21,22,24). The van der Waals surface area contributed by atoms with Crippen LogP contribution in [0.3, 0.4) is 0 Å². The Morgan fingerprint density at radius 2 is 1.92 bits per heavy atom. The highest BCUT2D eigenvalue weighted by Crippen LogP contribution is 2.28. The van der Waals surface area contributed by atoms with Crippen LogP contribution in [0.25, 0.3) is 0 Å². The summed E-state index contributed by atoms with van der Waals surface area (Å²) in [7, 11) is 1.60. The Labute approximate surface area is 149 Å². The van der Waals surface area contributed by atoms with Crippen LogP contribution in [-0.4, -0.2) is 23.2 Å². The van der Waals surface area contributed by atoms with E-state index in [0.717, 1.165) is 12.1 Å². The van der Waals surface area contributed by atoms with Gasteiger partial charge in [-0.3, -0.25) is 0 Å². The molecule has 1 heterocycles. The molecule has 2 rings (SSSR count). The summed E-state index contributed by atoms with van der Waals surface area (Å²) >= 11 is 5.40. The monoisotopic (exact) mass is 343 g/mol. The first-order valence-corrected chi connectivity index (χ1v) is 8.44. The second kappa shape index (κ2) is 8.11. The summed E-state index contributed by atoms with van der Waals surface area (Å²) in [6.45, 7) is 6.65. The van der Waals surface area contributed by atoms with E-state index in [-0.39, 0.29) is 11.5 Å². The zero-order valence-electron chi connectivity index (χ0n) is 14.7. The lowest BCUT2D eigenvalue weighted by atomic mass is 9.79. The summed E-state index contributed by atoms with van der Waals surface area (Å²) in [5.41, 5.74) is 2.24. The lowest BCUT2D eigenvalue weighted by molar-refractivity contribution is 0.398. The molecule has 0 saturated heterocycles. The Morgan fingerprint density at radius 3 is 2.50 bits per heavy atom. The number of rotatable bonds is 6. The fraction of sp³-hybridized carbons (Fsp3) is 0.368. The maximum absolute atomic E-state index is 5.40. The topological polar surface area (TPSA) is 46.2 Å². The first-order chi connectivity index (χ1) is 11.4. The quantitative estimate of drug-likeness (QED) is 0.772. The summed E-state index contributed by atoms with van der Waals surface area (Å²) in [4.78, 5) is 4.16. The van der Waals surface area contributed by atoms with Gasteiger partial charge in [-0.1, -0.05) is 44.2 Å². The molecule has 0 spiro atoms. The largest absolute Gasteiger partial charge is 0.481 e. The van der Waals surface area contributed by atoms with Gasteiger partial charge in [-0.05, 0) is 42.6 Å². The molecule has 0 radical (unpaired) electrons. The predicted octanol–water partition coefficient (Wildman–Crippen LogP) is 4.13. The van der Waals surface area contributed by atoms with Crippen molar-refractivity contribution in [1.29, 1.82) is 0 Å². The van der Waals surface area contributed by atoms with Crippen LogP contribution >= 0.6 is 12.2 Å². The number of nitrogens with zero attached hydrogens (tertiary/aromatic N) is 1. The van der Waals surface area contributed by atoms with E-state index in [9.17, 15) is 0 Å². The number of hydrogen-bond acceptors (Lipinski definition) is 3. The van der Waals surface area contributed by atoms with E-state index in [1.54, 1.807) is 19.4 Å². The number of hydrogen-bond donors (Lipinski definition) is 2. The van der Waals surface area contributed by atoms with Gasteiger partial charge in [0, 0.05) is 12.1 Å². The van der Waals surface area contributed by atoms with Crippen molar-refractivity contribution in [3.8, 4) is 5.88 Å². The van der Waals surface area contributed by atoms with Crippen molar-refractivity contribution in [3.63, 3.8) is 0 Å². The number of ether oxygens (including phenoxy) is 1. The van der Waals surface area contributed by atoms with Crippen LogP contribution in [0.1, 0.15) is 32.8 Å². The second-order valence-electron chi connectivity index (χ2n) is 6.54. The van der Waals surface area contributed by atoms with Gasteiger partial charge in [-0.25, -0.2) is 4.98 Å². The normalized spacial score (nSPS) is 12.3. The van der Waals surface area contributed by atoms with Gasteiger partial charge >= 0.3 is 0 Å². The van der Waals surface area contributed by atoms with E-state index in [4.69, 9.17) is 17.0 Å². The van der Waals surface area contributed by atoms with Gasteiger partial charge in [0.1, 0.15) is 0 Å². The second-order valence-corrected chi connectivity index (χ2v) is 6.95. The molecule has 1 unspecified atom stereocenters. The first-order valence-electron chi connectivity index (χ1n) is 8.04. The maximum Gasteiger partial charge on any atom is 0.213 e. The molecule has 2 aromatic rings. The summed E-state index contributed by atoms with van der Waals surface area (Å²) < 4.78 is 5.05. The Kier molecular flexibility index (Phi) is 6.15. The molecule has 128 valence electrons. The summed E-state index contributed by atoms with van der Waals surface area (Å²) in [5, 5.41) is 7.09. The third-order valence-corrected chi connectivity index (χ3v) is 4.17. The number of methoxy groups -OCH3 is 1. The number of pyridine rings is 1. The molecule has 2 N–H and O–H groups in total. The molecule has 0 aliphatic rings. The van der Waals surface area contributed by atoms with Crippen LogP contribution < -0.4 is 15.4 Å². The molecule has 24 heavy (non-hydrogen) atoms. The third-order valence-electron chi connectivity index (χ3n) is 3.95. The number of thiocarbonyl (C=S) groups is 1. The van der Waals surface area contributed by atoms with Gasteiger partial charge in [0.05, 0.1) is 19.0 Å². The summed E-state index contributed by atoms with van der Waals surface area (Å²) in [6.07, 6.45) is 2.67. The fourth-order valence-electron chi connectivity index (χ4n) is 2.79. The van der Waals surface area contributed by atoms with Crippen molar-refractivity contribution in [2.24, 2.45) is 0 Å². The average molecular weight is 343 g/mol. The van der Waals surface area contributed by atoms with E-state index >= 15 is 0 Å². The number of aromatic nitrogens is 1. The van der Waals surface area contributed by atoms with Crippen LogP contribution in [0.5, 0.6) is 5.88 Å². The van der Waals surface area contributed by atoms with Gasteiger partial charge in [-0.2, -0.15) is 0 Å². The van der Waals surface area contributed by atoms with Crippen LogP contribution in [-0.2, 0) is 5.41 Å². The summed E-state index contributed by atoms with van der Waals surface area (Å²) in [5.74, 6) is 0.581. The summed E-state index contributed by atoms with van der Waals surface area (Å²) in [6, 6.07) is 14.5. The molecule has 0 aliphatic heterocycles. The van der Waals surface area contributed by atoms with Crippen molar-refractivity contribution >= 4 is 23.0 Å². The third kappa shape index (κ3) is 5.20. The Hall–Kier alpha value is -2.14. The molecular formula is C19H25N3OS. The fourth-order valence-corrected chi connectivity index (χ4v) is 3.11. The molecule has 1 atom stereocenters. The van der Waals surface area contributed by atoms with Gasteiger partial charge in [0.25, 0.3) is 0 Å². The van der Waals surface area contributed by atoms with Crippen molar-refractivity contribution in [1.82, 2.24) is 10.3 Å². The first kappa shape index (κ1) is 18.2. The molecule has 0 fully saturated rings. The minimum absolute atomic E-state index is 0.0744. The molecule has 0 aliphatic carbocycles. The highest BCUT2D eigenvalue weighted by molar-refractivity contribution is 7.80. The van der Waals surface area contributed by atoms with Crippen molar-refractivity contribution in [3.05, 3.63) is 54.2 Å². The van der Waals surface area contributed by atoms with Crippen molar-refractivity contribution < 1.29 is 4.74 Å². The van der Waals surface area contributed by atoms with Gasteiger partial charge in [0.15, 0.2) is 5.11 Å². The Morgan fingerprint density at radius 1 is 1.21 bits per heavy atom. The zero-order valence-corrected chi connectivity index (χ0v) is 15.5. The van der Waals surface area contributed by atoms with Crippen molar-refractivity contribution in [2.75, 3.05) is 12.4 Å². The van der Waals surface area contributed by atoms with E-state index in [1.807, 2.05) is 12.1 Å². The molecular weight excluding hydrogens is 318 g/mol. The highest BCUT2D eigenvalue weighted by Gasteiger charge is 2.23. The van der Waals surface area contributed by atoms with E-state index < -0.39 is 0 Å². The minimum Gasteiger partial charge on any atom is -0.481 e. The van der Waals surface area contributed by atoms with Crippen LogP contribution in [0.15, 0.2) is 48.7 Å². The molecule has 1 aromatic heterocycles. The lowest BCUT2D eigenvalue weighted by Crippen LogP contribution is -2.39. The van der Waals surface area contributed by atoms with E-state index in [2.05, 4.69) is 60.7 Å².